The fourth-order valence-corrected chi connectivity index (χ4v) is 2.63. The van der Waals surface area contributed by atoms with Crippen LogP contribution in [0.15, 0.2) is 47.4 Å². The van der Waals surface area contributed by atoms with E-state index >= 15 is 0 Å². The largest absolute Gasteiger partial charge is 0.506 e. The number of nitrogens with one attached hydrogen (secondary N) is 1. The summed E-state index contributed by atoms with van der Waals surface area (Å²) in [6.45, 7) is 1.03. The third-order valence-corrected chi connectivity index (χ3v) is 4.11. The van der Waals surface area contributed by atoms with Gasteiger partial charge in [0.25, 0.3) is 0 Å². The third-order valence-electron chi connectivity index (χ3n) is 2.90. The fourth-order valence-electron chi connectivity index (χ4n) is 1.84. The molecule has 2 aromatic rings. The number of nitrogens with two attached hydrogens (primary N) is 1. The number of halogens is 1. The Morgan fingerprint density at radius 2 is 1.76 bits per heavy atom. The van der Waals surface area contributed by atoms with Crippen molar-refractivity contribution in [2.75, 3.05) is 0 Å². The summed E-state index contributed by atoms with van der Waals surface area (Å²) in [7, 11) is -3.69. The van der Waals surface area contributed by atoms with Crippen molar-refractivity contribution in [3.05, 3.63) is 58.6 Å². The van der Waals surface area contributed by atoms with E-state index in [0.717, 1.165) is 11.1 Å². The van der Waals surface area contributed by atoms with Gasteiger partial charge in [-0.2, -0.15) is 0 Å². The van der Waals surface area contributed by atoms with Crippen LogP contribution in [0.2, 0.25) is 5.02 Å². The average Bonchev–Trinajstić information content (AvgIpc) is 2.42. The van der Waals surface area contributed by atoms with Crippen LogP contribution in [0.4, 0.5) is 0 Å². The standard InChI is InChI=1S/C14H15ClN2O3S/c15-13-7-11(4-5-14(13)18)9-17-8-10-2-1-3-12(6-10)21(16,19)20/h1-7,17-18H,8-9H2,(H2,16,19,20). The highest BCUT2D eigenvalue weighted by Gasteiger charge is 2.07. The van der Waals surface area contributed by atoms with E-state index in [1.807, 2.05) is 6.07 Å². The summed E-state index contributed by atoms with van der Waals surface area (Å²) >= 11 is 5.82. The van der Waals surface area contributed by atoms with Crippen molar-refractivity contribution in [2.45, 2.75) is 18.0 Å². The Balaban J connectivity index is 1.99. The molecule has 0 radical (unpaired) electrons. The molecule has 0 heterocycles. The Labute approximate surface area is 128 Å². The van der Waals surface area contributed by atoms with Crippen molar-refractivity contribution < 1.29 is 13.5 Å². The monoisotopic (exact) mass is 326 g/mol. The van der Waals surface area contributed by atoms with Crippen LogP contribution in [0.5, 0.6) is 5.75 Å². The molecule has 2 aromatic carbocycles. The summed E-state index contributed by atoms with van der Waals surface area (Å²) in [6.07, 6.45) is 0. The number of primary sulfonamides is 1. The highest BCUT2D eigenvalue weighted by Crippen LogP contribution is 2.23. The Morgan fingerprint density at radius 1 is 1.10 bits per heavy atom. The second-order valence-electron chi connectivity index (χ2n) is 4.58. The Bertz CT molecular complexity index is 748. The molecule has 0 amide bonds. The molecule has 5 nitrogen and oxygen atoms in total. The predicted octanol–water partition coefficient (Wildman–Crippen LogP) is 1.98. The van der Waals surface area contributed by atoms with Crippen molar-refractivity contribution in [1.29, 1.82) is 0 Å². The normalized spacial score (nSPS) is 11.5. The van der Waals surface area contributed by atoms with Gasteiger partial charge in [0.2, 0.25) is 10.0 Å². The molecule has 0 spiro atoms. The molecule has 112 valence electrons. The van der Waals surface area contributed by atoms with E-state index in [4.69, 9.17) is 16.7 Å². The zero-order valence-corrected chi connectivity index (χ0v) is 12.7. The molecule has 0 saturated carbocycles. The molecule has 0 bridgehead atoms. The zero-order chi connectivity index (χ0) is 15.5. The van der Waals surface area contributed by atoms with Crippen molar-refractivity contribution in [3.8, 4) is 5.75 Å². The molecular formula is C14H15ClN2O3S. The van der Waals surface area contributed by atoms with E-state index in [0.29, 0.717) is 18.1 Å². The molecule has 0 aromatic heterocycles. The van der Waals surface area contributed by atoms with Crippen LogP contribution in [-0.4, -0.2) is 13.5 Å². The van der Waals surface area contributed by atoms with Gasteiger partial charge in [-0.1, -0.05) is 29.8 Å². The number of benzene rings is 2. The first-order valence-corrected chi connectivity index (χ1v) is 8.08. The summed E-state index contributed by atoms with van der Waals surface area (Å²) in [4.78, 5) is 0.0921. The summed E-state index contributed by atoms with van der Waals surface area (Å²) in [6, 6.07) is 11.4. The first-order valence-electron chi connectivity index (χ1n) is 6.16. The van der Waals surface area contributed by atoms with Gasteiger partial charge in [0.1, 0.15) is 5.75 Å². The average molecular weight is 327 g/mol. The molecule has 0 atom stereocenters. The van der Waals surface area contributed by atoms with Crippen molar-refractivity contribution in [3.63, 3.8) is 0 Å². The van der Waals surface area contributed by atoms with E-state index in [2.05, 4.69) is 5.32 Å². The molecule has 4 N–H and O–H groups in total. The second-order valence-corrected chi connectivity index (χ2v) is 6.55. The van der Waals surface area contributed by atoms with Gasteiger partial charge in [0.15, 0.2) is 0 Å². The van der Waals surface area contributed by atoms with E-state index in [9.17, 15) is 13.5 Å². The molecule has 0 aliphatic carbocycles. The fraction of sp³-hybridized carbons (Fsp3) is 0.143. The smallest absolute Gasteiger partial charge is 0.238 e. The minimum absolute atomic E-state index is 0.0428. The molecule has 0 aliphatic rings. The summed E-state index contributed by atoms with van der Waals surface area (Å²) in [5, 5.41) is 17.9. The highest BCUT2D eigenvalue weighted by atomic mass is 35.5. The second kappa shape index (κ2) is 6.44. The molecule has 0 aliphatic heterocycles. The van der Waals surface area contributed by atoms with Crippen LogP contribution in [-0.2, 0) is 23.1 Å². The number of phenolic OH excluding ortho intramolecular Hbond substituents is 1. The number of phenols is 1. The van der Waals surface area contributed by atoms with Crippen LogP contribution < -0.4 is 10.5 Å². The van der Waals surface area contributed by atoms with Gasteiger partial charge in [-0.25, -0.2) is 13.6 Å². The highest BCUT2D eigenvalue weighted by molar-refractivity contribution is 7.89. The maximum Gasteiger partial charge on any atom is 0.238 e. The zero-order valence-electron chi connectivity index (χ0n) is 11.1. The summed E-state index contributed by atoms with van der Waals surface area (Å²) < 4.78 is 22.5. The van der Waals surface area contributed by atoms with Crippen LogP contribution in [0.3, 0.4) is 0 Å². The molecule has 0 fully saturated rings. The molecule has 7 heteroatoms. The molecule has 0 unspecified atom stereocenters. The lowest BCUT2D eigenvalue weighted by atomic mass is 10.2. The van der Waals surface area contributed by atoms with E-state index in [1.165, 1.54) is 18.2 Å². The van der Waals surface area contributed by atoms with Crippen LogP contribution >= 0.6 is 11.6 Å². The summed E-state index contributed by atoms with van der Waals surface area (Å²) in [5.74, 6) is 0.0428. The van der Waals surface area contributed by atoms with Crippen molar-refractivity contribution in [1.82, 2.24) is 5.32 Å². The lowest BCUT2D eigenvalue weighted by molar-refractivity contribution is 0.475. The van der Waals surface area contributed by atoms with E-state index < -0.39 is 10.0 Å². The maximum absolute atomic E-state index is 11.3. The van der Waals surface area contributed by atoms with Crippen LogP contribution in [0.1, 0.15) is 11.1 Å². The molecular weight excluding hydrogens is 312 g/mol. The first kappa shape index (κ1) is 15.8. The number of hydrogen-bond acceptors (Lipinski definition) is 4. The number of hydrogen-bond donors (Lipinski definition) is 3. The maximum atomic E-state index is 11.3. The van der Waals surface area contributed by atoms with Gasteiger partial charge in [-0.05, 0) is 35.4 Å². The number of sulfonamides is 1. The Morgan fingerprint density at radius 3 is 2.38 bits per heavy atom. The molecule has 2 rings (SSSR count). The topological polar surface area (TPSA) is 92.4 Å². The summed E-state index contributed by atoms with van der Waals surface area (Å²) in [5.41, 5.74) is 1.73. The van der Waals surface area contributed by atoms with Gasteiger partial charge >= 0.3 is 0 Å². The molecule has 21 heavy (non-hydrogen) atoms. The van der Waals surface area contributed by atoms with Gasteiger partial charge < -0.3 is 10.4 Å². The number of rotatable bonds is 5. The Hall–Kier alpha value is -1.60. The lowest BCUT2D eigenvalue weighted by Gasteiger charge is -2.07. The lowest BCUT2D eigenvalue weighted by Crippen LogP contribution is -2.15. The number of aromatic hydroxyl groups is 1. The third kappa shape index (κ3) is 4.44. The van der Waals surface area contributed by atoms with Gasteiger partial charge in [0.05, 0.1) is 9.92 Å². The minimum Gasteiger partial charge on any atom is -0.506 e. The van der Waals surface area contributed by atoms with Gasteiger partial charge in [-0.15, -0.1) is 0 Å². The minimum atomic E-state index is -3.69. The SMILES string of the molecule is NS(=O)(=O)c1cccc(CNCc2ccc(O)c(Cl)c2)c1. The van der Waals surface area contributed by atoms with Gasteiger partial charge in [-0.3, -0.25) is 0 Å². The quantitative estimate of drug-likeness (QED) is 0.783. The van der Waals surface area contributed by atoms with Crippen LogP contribution in [0, 0.1) is 0 Å². The first-order chi connectivity index (χ1) is 9.86. The molecule has 0 saturated heterocycles. The van der Waals surface area contributed by atoms with Crippen molar-refractivity contribution >= 4 is 21.6 Å². The van der Waals surface area contributed by atoms with Crippen molar-refractivity contribution in [2.24, 2.45) is 5.14 Å². The Kier molecular flexibility index (Phi) is 4.84. The van der Waals surface area contributed by atoms with E-state index in [1.54, 1.807) is 18.2 Å². The predicted molar refractivity (Wildman–Crippen MR) is 81.5 cm³/mol. The van der Waals surface area contributed by atoms with Gasteiger partial charge in [0, 0.05) is 13.1 Å². The van der Waals surface area contributed by atoms with E-state index in [-0.39, 0.29) is 10.6 Å². The van der Waals surface area contributed by atoms with Crippen LogP contribution in [0.25, 0.3) is 0 Å².